The van der Waals surface area contributed by atoms with Crippen LogP contribution in [-0.4, -0.2) is 43.5 Å². The molecular formula is C31H32N4O5S. The number of fused-ring (bicyclic) bond motifs is 1. The fourth-order valence-electron chi connectivity index (χ4n) is 6.03. The van der Waals surface area contributed by atoms with Crippen molar-refractivity contribution in [1.82, 2.24) is 15.1 Å². The molecule has 0 unspecified atom stereocenters. The highest BCUT2D eigenvalue weighted by molar-refractivity contribution is 7.88. The van der Waals surface area contributed by atoms with E-state index in [1.807, 2.05) is 30.3 Å². The van der Waals surface area contributed by atoms with Gasteiger partial charge in [-0.1, -0.05) is 73.5 Å². The maximum absolute atomic E-state index is 14.3. The van der Waals surface area contributed by atoms with Crippen molar-refractivity contribution in [1.29, 1.82) is 5.26 Å². The lowest BCUT2D eigenvalue weighted by Gasteiger charge is -2.49. The van der Waals surface area contributed by atoms with Gasteiger partial charge in [0.15, 0.2) is 0 Å². The van der Waals surface area contributed by atoms with Crippen LogP contribution >= 0.6 is 0 Å². The normalized spacial score (nSPS) is 22.4. The third kappa shape index (κ3) is 6.33. The Hall–Kier alpha value is -4.04. The maximum Gasteiger partial charge on any atom is 0.255 e. The maximum atomic E-state index is 14.3. The highest BCUT2D eigenvalue weighted by Crippen LogP contribution is 2.46. The zero-order chi connectivity index (χ0) is 29.0. The molecule has 0 saturated heterocycles. The van der Waals surface area contributed by atoms with Gasteiger partial charge in [-0.15, -0.1) is 0 Å². The van der Waals surface area contributed by atoms with Gasteiger partial charge in [-0.05, 0) is 47.7 Å². The Morgan fingerprint density at radius 3 is 2.51 bits per heavy atom. The minimum Gasteiger partial charge on any atom is -0.326 e. The van der Waals surface area contributed by atoms with Crippen molar-refractivity contribution in [3.8, 4) is 6.07 Å². The largest absolute Gasteiger partial charge is 0.326 e. The summed E-state index contributed by atoms with van der Waals surface area (Å²) < 4.78 is 27.4. The molecule has 41 heavy (non-hydrogen) atoms. The number of hydroxylamine groups is 1. The number of carbonyl (C=O) groups excluding carboxylic acids is 2. The van der Waals surface area contributed by atoms with E-state index in [2.05, 4.69) is 16.3 Å². The first-order chi connectivity index (χ1) is 19.8. The van der Waals surface area contributed by atoms with Crippen LogP contribution in [0.15, 0.2) is 78.9 Å². The van der Waals surface area contributed by atoms with Crippen molar-refractivity contribution in [2.24, 2.45) is 0 Å². The molecule has 2 N–H and O–H groups in total. The van der Waals surface area contributed by atoms with Gasteiger partial charge in [0.1, 0.15) is 0 Å². The van der Waals surface area contributed by atoms with E-state index in [0.29, 0.717) is 35.1 Å². The summed E-state index contributed by atoms with van der Waals surface area (Å²) in [5.74, 6) is -1.61. The molecule has 9 nitrogen and oxygen atoms in total. The standard InChI is InChI=1S/C31H32N4O5S/c1-41(38,39)34-26-16-7-8-17-27(26)35-29(23-13-9-12-22(18-23)19-32)28(24-14-5-6-15-25(24)31(35)37)30(36)33-40-20-21-10-3-2-4-11-21/h2-6,9-15,18,26-29,34H,7-8,16-17,20H2,1H3,(H,33,36)/t26-,27-,28+,29-/m0/s1. The number of nitrogens with zero attached hydrogens (tertiary/aromatic N) is 2. The predicted molar refractivity (Wildman–Crippen MR) is 153 cm³/mol. The summed E-state index contributed by atoms with van der Waals surface area (Å²) in [5, 5.41) is 9.65. The molecule has 1 heterocycles. The van der Waals surface area contributed by atoms with Crippen molar-refractivity contribution in [2.75, 3.05) is 6.26 Å². The lowest BCUT2D eigenvalue weighted by Crippen LogP contribution is -2.59. The highest BCUT2D eigenvalue weighted by Gasteiger charge is 2.49. The van der Waals surface area contributed by atoms with Crippen molar-refractivity contribution < 1.29 is 22.8 Å². The summed E-state index contributed by atoms with van der Waals surface area (Å²) in [6.07, 6.45) is 3.86. The minimum atomic E-state index is -3.56. The number of hydrogen-bond acceptors (Lipinski definition) is 6. The first-order valence-electron chi connectivity index (χ1n) is 13.6. The molecule has 3 aromatic rings. The number of nitriles is 1. The number of sulfonamides is 1. The van der Waals surface area contributed by atoms with Crippen molar-refractivity contribution >= 4 is 21.8 Å². The van der Waals surface area contributed by atoms with Crippen LogP contribution in [0.2, 0.25) is 0 Å². The van der Waals surface area contributed by atoms with Crippen LogP contribution in [0.1, 0.15) is 70.3 Å². The molecule has 0 radical (unpaired) electrons. The molecule has 212 valence electrons. The fraction of sp³-hybridized carbons (Fsp3) is 0.323. The molecule has 1 aliphatic carbocycles. The van der Waals surface area contributed by atoms with Gasteiger partial charge < -0.3 is 4.90 Å². The summed E-state index contributed by atoms with van der Waals surface area (Å²) in [4.78, 5) is 35.5. The Morgan fingerprint density at radius 2 is 1.76 bits per heavy atom. The molecule has 0 aromatic heterocycles. The van der Waals surface area contributed by atoms with Gasteiger partial charge in [0.05, 0.1) is 36.5 Å². The molecule has 3 aromatic carbocycles. The summed E-state index contributed by atoms with van der Waals surface area (Å²) in [6.45, 7) is 0.154. The van der Waals surface area contributed by atoms with E-state index in [4.69, 9.17) is 4.84 Å². The van der Waals surface area contributed by atoms with Crippen LogP contribution in [0.5, 0.6) is 0 Å². The lowest BCUT2D eigenvalue weighted by molar-refractivity contribution is -0.138. The number of hydrogen-bond donors (Lipinski definition) is 2. The Kier molecular flexibility index (Phi) is 8.49. The second-order valence-electron chi connectivity index (χ2n) is 10.5. The van der Waals surface area contributed by atoms with Crippen LogP contribution in [0, 0.1) is 11.3 Å². The summed E-state index contributed by atoms with van der Waals surface area (Å²) in [5.41, 5.74) is 5.41. The van der Waals surface area contributed by atoms with Crippen LogP contribution in [0.25, 0.3) is 0 Å². The third-order valence-corrected chi connectivity index (χ3v) is 8.45. The summed E-state index contributed by atoms with van der Waals surface area (Å²) in [7, 11) is -3.56. The quantitative estimate of drug-likeness (QED) is 0.394. The van der Waals surface area contributed by atoms with Crippen LogP contribution in [-0.2, 0) is 26.3 Å². The average Bonchev–Trinajstić information content (AvgIpc) is 2.97. The van der Waals surface area contributed by atoms with Gasteiger partial charge in [0.25, 0.3) is 11.8 Å². The van der Waals surface area contributed by atoms with Crippen molar-refractivity contribution in [3.05, 3.63) is 107 Å². The van der Waals surface area contributed by atoms with E-state index in [1.165, 1.54) is 0 Å². The Balaban J connectivity index is 1.59. The van der Waals surface area contributed by atoms with Crippen LogP contribution < -0.4 is 10.2 Å². The van der Waals surface area contributed by atoms with Crippen LogP contribution in [0.4, 0.5) is 0 Å². The molecule has 0 bridgehead atoms. The van der Waals surface area contributed by atoms with Crippen LogP contribution in [0.3, 0.4) is 0 Å². The Labute approximate surface area is 240 Å². The topological polar surface area (TPSA) is 129 Å². The molecular weight excluding hydrogens is 540 g/mol. The van der Waals surface area contributed by atoms with Gasteiger partial charge in [0, 0.05) is 17.6 Å². The number of amides is 2. The third-order valence-electron chi connectivity index (χ3n) is 7.72. The second-order valence-corrected chi connectivity index (χ2v) is 12.3. The van der Waals surface area contributed by atoms with Gasteiger partial charge in [-0.2, -0.15) is 5.26 Å². The summed E-state index contributed by atoms with van der Waals surface area (Å²) in [6, 6.07) is 23.6. The van der Waals surface area contributed by atoms with E-state index >= 15 is 0 Å². The van der Waals surface area contributed by atoms with E-state index in [-0.39, 0.29) is 12.5 Å². The number of rotatable bonds is 8. The molecule has 2 amide bonds. The molecule has 1 aliphatic heterocycles. The van der Waals surface area contributed by atoms with Gasteiger partial charge >= 0.3 is 0 Å². The second kappa shape index (κ2) is 12.2. The molecule has 2 aliphatic rings. The SMILES string of the molecule is CS(=O)(=O)N[C@H]1CCCC[C@@H]1N1C(=O)c2ccccc2[C@@H](C(=O)NOCc2ccccc2)[C@@H]1c1cccc(C#N)c1. The molecule has 5 rings (SSSR count). The van der Waals surface area contributed by atoms with E-state index in [9.17, 15) is 23.3 Å². The first kappa shape index (κ1) is 28.5. The summed E-state index contributed by atoms with van der Waals surface area (Å²) >= 11 is 0. The molecule has 4 atom stereocenters. The average molecular weight is 573 g/mol. The fourth-order valence-corrected chi connectivity index (χ4v) is 6.86. The lowest BCUT2D eigenvalue weighted by atomic mass is 9.76. The van der Waals surface area contributed by atoms with Gasteiger partial charge in [-0.3, -0.25) is 14.4 Å². The predicted octanol–water partition coefficient (Wildman–Crippen LogP) is 3.95. The van der Waals surface area contributed by atoms with E-state index in [1.54, 1.807) is 53.4 Å². The zero-order valence-corrected chi connectivity index (χ0v) is 23.5. The smallest absolute Gasteiger partial charge is 0.255 e. The van der Waals surface area contributed by atoms with Gasteiger partial charge in [-0.25, -0.2) is 18.6 Å². The van der Waals surface area contributed by atoms with E-state index < -0.39 is 40.0 Å². The van der Waals surface area contributed by atoms with Crippen molar-refractivity contribution in [3.63, 3.8) is 0 Å². The molecule has 1 saturated carbocycles. The number of carbonyl (C=O) groups is 2. The number of benzene rings is 3. The molecule has 0 spiro atoms. The molecule has 1 fully saturated rings. The van der Waals surface area contributed by atoms with Crippen molar-refractivity contribution in [2.45, 2.75) is 56.3 Å². The highest BCUT2D eigenvalue weighted by atomic mass is 32.2. The first-order valence-corrected chi connectivity index (χ1v) is 15.5. The zero-order valence-electron chi connectivity index (χ0n) is 22.7. The molecule has 10 heteroatoms. The number of nitrogens with one attached hydrogen (secondary N) is 2. The monoisotopic (exact) mass is 572 g/mol. The minimum absolute atomic E-state index is 0.154. The Morgan fingerprint density at radius 1 is 1.02 bits per heavy atom. The Bertz CT molecular complexity index is 1570. The van der Waals surface area contributed by atoms with E-state index in [0.717, 1.165) is 24.7 Å². The van der Waals surface area contributed by atoms with Gasteiger partial charge in [0.2, 0.25) is 10.0 Å².